The van der Waals surface area contributed by atoms with Gasteiger partial charge in [-0.3, -0.25) is 14.4 Å². The molecule has 1 aliphatic rings. The van der Waals surface area contributed by atoms with Gasteiger partial charge in [-0.05, 0) is 32.4 Å². The molecular weight excluding hydrogens is 379 g/mol. The molecule has 9 heteroatoms. The van der Waals surface area contributed by atoms with Gasteiger partial charge < -0.3 is 9.47 Å². The van der Waals surface area contributed by atoms with Crippen LogP contribution < -0.4 is 0 Å². The number of nitrogens with zero attached hydrogens (tertiary/aromatic N) is 1. The summed E-state index contributed by atoms with van der Waals surface area (Å²) < 4.78 is 50.5. The lowest BCUT2D eigenvalue weighted by atomic mass is 9.78. The Morgan fingerprint density at radius 2 is 1.82 bits per heavy atom. The molecule has 2 atom stereocenters. The summed E-state index contributed by atoms with van der Waals surface area (Å²) in [6, 6.07) is 4.29. The van der Waals surface area contributed by atoms with Crippen molar-refractivity contribution in [3.63, 3.8) is 0 Å². The number of aliphatic imine (C=N–C) groups is 1. The number of hydrogen-bond donors (Lipinski definition) is 0. The lowest BCUT2D eigenvalue weighted by Gasteiger charge is -2.25. The molecule has 0 fully saturated rings. The van der Waals surface area contributed by atoms with Crippen molar-refractivity contribution >= 4 is 23.4 Å². The highest BCUT2D eigenvalue weighted by atomic mass is 19.4. The number of carbonyl (C=O) groups excluding carboxylic acids is 3. The Morgan fingerprint density at radius 1 is 1.21 bits per heavy atom. The average Bonchev–Trinajstić information content (AvgIpc) is 2.97. The van der Waals surface area contributed by atoms with E-state index in [1.54, 1.807) is 13.8 Å². The van der Waals surface area contributed by atoms with E-state index in [0.717, 1.165) is 32.2 Å². The first-order valence-electron chi connectivity index (χ1n) is 8.40. The van der Waals surface area contributed by atoms with Crippen LogP contribution in [0.3, 0.4) is 0 Å². The van der Waals surface area contributed by atoms with E-state index < -0.39 is 58.1 Å². The minimum atomic E-state index is -4.80. The van der Waals surface area contributed by atoms with Crippen LogP contribution in [0.1, 0.15) is 37.8 Å². The van der Waals surface area contributed by atoms with Gasteiger partial charge in [0.05, 0.1) is 24.1 Å². The number of benzene rings is 1. The molecule has 0 bridgehead atoms. The van der Waals surface area contributed by atoms with Gasteiger partial charge >= 0.3 is 12.1 Å². The molecular formula is C19H20F3NO5. The van der Waals surface area contributed by atoms with Crippen molar-refractivity contribution in [1.82, 2.24) is 0 Å². The van der Waals surface area contributed by atoms with Crippen LogP contribution in [0.2, 0.25) is 0 Å². The van der Waals surface area contributed by atoms with Crippen LogP contribution in [0.5, 0.6) is 0 Å². The highest BCUT2D eigenvalue weighted by Crippen LogP contribution is 2.39. The molecule has 2 unspecified atom stereocenters. The monoisotopic (exact) mass is 399 g/mol. The summed E-state index contributed by atoms with van der Waals surface area (Å²) in [5.41, 5.74) is -2.39. The lowest BCUT2D eigenvalue weighted by molar-refractivity contribution is -0.152. The zero-order valence-corrected chi connectivity index (χ0v) is 15.8. The van der Waals surface area contributed by atoms with Crippen molar-refractivity contribution in [2.75, 3.05) is 13.7 Å². The number of alkyl halides is 3. The fourth-order valence-corrected chi connectivity index (χ4v) is 3.01. The number of rotatable bonds is 6. The van der Waals surface area contributed by atoms with Gasteiger partial charge in [-0.2, -0.15) is 13.2 Å². The van der Waals surface area contributed by atoms with E-state index in [-0.39, 0.29) is 6.61 Å². The molecule has 0 saturated heterocycles. The smallest absolute Gasteiger partial charge is 0.416 e. The van der Waals surface area contributed by atoms with Crippen molar-refractivity contribution in [3.8, 4) is 0 Å². The number of methoxy groups -OCH3 is 1. The zero-order valence-electron chi connectivity index (χ0n) is 15.8. The lowest BCUT2D eigenvalue weighted by Crippen LogP contribution is -2.38. The van der Waals surface area contributed by atoms with Gasteiger partial charge in [0.15, 0.2) is 0 Å². The molecule has 1 aromatic rings. The van der Waals surface area contributed by atoms with Crippen LogP contribution in [-0.4, -0.2) is 42.7 Å². The Labute approximate surface area is 159 Å². The number of ketones is 2. The number of hydrogen-bond acceptors (Lipinski definition) is 6. The van der Waals surface area contributed by atoms with Gasteiger partial charge in [-0.1, -0.05) is 18.2 Å². The third-order valence-electron chi connectivity index (χ3n) is 4.29. The Morgan fingerprint density at radius 3 is 2.29 bits per heavy atom. The second kappa shape index (κ2) is 7.73. The van der Waals surface area contributed by atoms with Crippen LogP contribution in [0.4, 0.5) is 13.2 Å². The quantitative estimate of drug-likeness (QED) is 0.543. The fraction of sp³-hybridized carbons (Fsp3) is 0.474. The van der Waals surface area contributed by atoms with Crippen LogP contribution >= 0.6 is 0 Å². The zero-order chi connectivity index (χ0) is 21.3. The molecule has 0 saturated carbocycles. The molecule has 0 aromatic heterocycles. The topological polar surface area (TPSA) is 82.0 Å². The van der Waals surface area contributed by atoms with Crippen molar-refractivity contribution in [1.29, 1.82) is 0 Å². The van der Waals surface area contributed by atoms with Gasteiger partial charge in [0.1, 0.15) is 18.3 Å². The van der Waals surface area contributed by atoms with Crippen molar-refractivity contribution < 1.29 is 37.0 Å². The Bertz CT molecular complexity index is 829. The summed E-state index contributed by atoms with van der Waals surface area (Å²) in [6.07, 6.45) is -4.80. The molecule has 28 heavy (non-hydrogen) atoms. The maximum atomic E-state index is 13.5. The summed E-state index contributed by atoms with van der Waals surface area (Å²) in [5, 5.41) is 0. The average molecular weight is 399 g/mol. The standard InChI is InChI=1S/C19H20F3NO5/c1-10(24)13(17(26)27-4)14(15(25)16-23-18(2,3)9-28-16)11-7-5-6-8-12(11)19(20,21)22/h5-8,13-14H,9H2,1-4H3. The van der Waals surface area contributed by atoms with E-state index in [0.29, 0.717) is 0 Å². The summed E-state index contributed by atoms with van der Waals surface area (Å²) >= 11 is 0. The number of ether oxygens (including phenoxy) is 2. The molecule has 1 heterocycles. The number of esters is 1. The number of halogens is 3. The Kier molecular flexibility index (Phi) is 5.96. The largest absolute Gasteiger partial charge is 0.473 e. The predicted molar refractivity (Wildman–Crippen MR) is 92.8 cm³/mol. The van der Waals surface area contributed by atoms with Crippen LogP contribution in [-0.2, 0) is 30.0 Å². The Balaban J connectivity index is 2.70. The van der Waals surface area contributed by atoms with Crippen LogP contribution in [0, 0.1) is 5.92 Å². The molecule has 0 N–H and O–H groups in total. The molecule has 0 amide bonds. The van der Waals surface area contributed by atoms with E-state index in [9.17, 15) is 27.6 Å². The third-order valence-corrected chi connectivity index (χ3v) is 4.29. The first kappa shape index (κ1) is 21.6. The van der Waals surface area contributed by atoms with E-state index in [4.69, 9.17) is 4.74 Å². The maximum Gasteiger partial charge on any atom is 0.416 e. The van der Waals surface area contributed by atoms with Gasteiger partial charge in [-0.15, -0.1) is 0 Å². The summed E-state index contributed by atoms with van der Waals surface area (Å²) in [4.78, 5) is 41.6. The maximum absolute atomic E-state index is 13.5. The molecule has 0 spiro atoms. The highest BCUT2D eigenvalue weighted by Gasteiger charge is 2.47. The highest BCUT2D eigenvalue weighted by molar-refractivity contribution is 6.40. The van der Waals surface area contributed by atoms with E-state index in [2.05, 4.69) is 9.73 Å². The molecule has 0 radical (unpaired) electrons. The van der Waals surface area contributed by atoms with E-state index in [1.165, 1.54) is 6.07 Å². The van der Waals surface area contributed by atoms with Gasteiger partial charge in [-0.25, -0.2) is 4.99 Å². The second-order valence-corrected chi connectivity index (χ2v) is 7.06. The molecule has 152 valence electrons. The second-order valence-electron chi connectivity index (χ2n) is 7.06. The normalized spacial score (nSPS) is 17.9. The predicted octanol–water partition coefficient (Wildman–Crippen LogP) is 2.94. The van der Waals surface area contributed by atoms with Crippen molar-refractivity contribution in [2.24, 2.45) is 10.9 Å². The van der Waals surface area contributed by atoms with Crippen LogP contribution in [0.15, 0.2) is 29.3 Å². The molecule has 1 aromatic carbocycles. The molecule has 1 aliphatic heterocycles. The van der Waals surface area contributed by atoms with Crippen molar-refractivity contribution in [2.45, 2.75) is 38.4 Å². The molecule has 2 rings (SSSR count). The van der Waals surface area contributed by atoms with E-state index in [1.807, 2.05) is 0 Å². The number of Topliss-reactive ketones (excluding diaryl/α,β-unsaturated/α-hetero) is 2. The number of carbonyl (C=O) groups is 3. The summed E-state index contributed by atoms with van der Waals surface area (Å²) in [5.74, 6) is -6.86. The molecule has 6 nitrogen and oxygen atoms in total. The minimum Gasteiger partial charge on any atom is -0.473 e. The first-order valence-corrected chi connectivity index (χ1v) is 8.40. The summed E-state index contributed by atoms with van der Waals surface area (Å²) in [6.45, 7) is 4.41. The van der Waals surface area contributed by atoms with Gasteiger partial charge in [0.25, 0.3) is 5.90 Å². The molecule has 0 aliphatic carbocycles. The fourth-order valence-electron chi connectivity index (χ4n) is 3.01. The van der Waals surface area contributed by atoms with Crippen molar-refractivity contribution in [3.05, 3.63) is 35.4 Å². The van der Waals surface area contributed by atoms with E-state index >= 15 is 0 Å². The van der Waals surface area contributed by atoms with Gasteiger partial charge in [0, 0.05) is 0 Å². The minimum absolute atomic E-state index is 0.0463. The first-order chi connectivity index (χ1) is 12.9. The SMILES string of the molecule is COC(=O)C(C(C)=O)C(C(=O)C1=NC(C)(C)CO1)c1ccccc1C(F)(F)F. The summed E-state index contributed by atoms with van der Waals surface area (Å²) in [7, 11) is 0.988. The van der Waals surface area contributed by atoms with Crippen LogP contribution in [0.25, 0.3) is 0 Å². The Hall–Kier alpha value is -2.71. The van der Waals surface area contributed by atoms with Gasteiger partial charge in [0.2, 0.25) is 5.78 Å². The third kappa shape index (κ3) is 4.40.